The topological polar surface area (TPSA) is 17.1 Å². The lowest BCUT2D eigenvalue weighted by atomic mass is 10.0. The summed E-state index contributed by atoms with van der Waals surface area (Å²) in [7, 11) is 0. The van der Waals surface area contributed by atoms with Crippen LogP contribution < -0.4 is 0 Å². The fourth-order valence-corrected chi connectivity index (χ4v) is 2.13. The van der Waals surface area contributed by atoms with Gasteiger partial charge in [0.2, 0.25) is 0 Å². The molecule has 0 aliphatic carbocycles. The van der Waals surface area contributed by atoms with Crippen molar-refractivity contribution in [3.05, 3.63) is 42.0 Å². The lowest BCUT2D eigenvalue weighted by Crippen LogP contribution is -2.05. The Labute approximate surface area is 108 Å². The molecule has 0 saturated heterocycles. The summed E-state index contributed by atoms with van der Waals surface area (Å²) < 4.78 is 0. The second kappa shape index (κ2) is 6.65. The van der Waals surface area contributed by atoms with E-state index in [9.17, 15) is 4.79 Å². The van der Waals surface area contributed by atoms with E-state index in [-0.39, 0.29) is 11.0 Å². The van der Waals surface area contributed by atoms with E-state index < -0.39 is 0 Å². The minimum absolute atomic E-state index is 0.0254. The molecule has 0 saturated carbocycles. The minimum Gasteiger partial charge on any atom is -0.286 e. The maximum atomic E-state index is 12.0. The average Bonchev–Trinajstić information content (AvgIpc) is 2.29. The molecule has 1 rings (SSSR count). The first-order valence-electron chi connectivity index (χ1n) is 5.95. The second-order valence-corrected chi connectivity index (χ2v) is 5.67. The van der Waals surface area contributed by atoms with Crippen LogP contribution in [-0.2, 0) is 4.79 Å². The van der Waals surface area contributed by atoms with Gasteiger partial charge in [0.15, 0.2) is 5.12 Å². The van der Waals surface area contributed by atoms with Crippen molar-refractivity contribution in [2.24, 2.45) is 11.8 Å². The molecule has 1 nitrogen and oxygen atoms in total. The van der Waals surface area contributed by atoms with E-state index in [1.54, 1.807) is 0 Å². The van der Waals surface area contributed by atoms with Gasteiger partial charge in [0, 0.05) is 10.8 Å². The van der Waals surface area contributed by atoms with Crippen molar-refractivity contribution in [1.82, 2.24) is 0 Å². The van der Waals surface area contributed by atoms with Crippen molar-refractivity contribution >= 4 is 16.9 Å². The SMILES string of the molecule is C/C(=C\C(C)C(=O)Sc1ccccc1)C(C)C. The third-order valence-corrected chi connectivity index (χ3v) is 3.84. The van der Waals surface area contributed by atoms with Crippen LogP contribution in [0, 0.1) is 11.8 Å². The van der Waals surface area contributed by atoms with E-state index in [0.29, 0.717) is 5.92 Å². The molecule has 0 amide bonds. The quantitative estimate of drug-likeness (QED) is 0.574. The summed E-state index contributed by atoms with van der Waals surface area (Å²) in [4.78, 5) is 13.0. The van der Waals surface area contributed by atoms with Gasteiger partial charge in [0.1, 0.15) is 0 Å². The van der Waals surface area contributed by atoms with Crippen LogP contribution in [0.3, 0.4) is 0 Å². The zero-order valence-corrected chi connectivity index (χ0v) is 11.8. The number of rotatable bonds is 4. The monoisotopic (exact) mass is 248 g/mol. The summed E-state index contributed by atoms with van der Waals surface area (Å²) in [5.74, 6) is 0.481. The molecule has 2 heteroatoms. The molecule has 0 radical (unpaired) electrons. The zero-order chi connectivity index (χ0) is 12.8. The Kier molecular flexibility index (Phi) is 5.49. The van der Waals surface area contributed by atoms with Crippen LogP contribution in [-0.4, -0.2) is 5.12 Å². The molecule has 1 aromatic rings. The third kappa shape index (κ3) is 4.78. The molecule has 17 heavy (non-hydrogen) atoms. The van der Waals surface area contributed by atoms with Crippen LogP contribution in [0.2, 0.25) is 0 Å². The van der Waals surface area contributed by atoms with Gasteiger partial charge in [-0.05, 0) is 25.0 Å². The molecule has 1 unspecified atom stereocenters. The van der Waals surface area contributed by atoms with Gasteiger partial charge in [-0.15, -0.1) is 0 Å². The Morgan fingerprint density at radius 3 is 2.29 bits per heavy atom. The summed E-state index contributed by atoms with van der Waals surface area (Å²) in [6.45, 7) is 8.34. The van der Waals surface area contributed by atoms with Gasteiger partial charge in [0.25, 0.3) is 0 Å². The highest BCUT2D eigenvalue weighted by molar-refractivity contribution is 8.13. The molecular formula is C15H20OS. The van der Waals surface area contributed by atoms with E-state index in [2.05, 4.69) is 26.8 Å². The van der Waals surface area contributed by atoms with E-state index in [0.717, 1.165) is 4.90 Å². The summed E-state index contributed by atoms with van der Waals surface area (Å²) in [5, 5.41) is 0.205. The van der Waals surface area contributed by atoms with Crippen molar-refractivity contribution in [3.8, 4) is 0 Å². The summed E-state index contributed by atoms with van der Waals surface area (Å²) in [6.07, 6.45) is 2.07. The predicted molar refractivity (Wildman–Crippen MR) is 75.1 cm³/mol. The van der Waals surface area contributed by atoms with Crippen LogP contribution in [0.4, 0.5) is 0 Å². The van der Waals surface area contributed by atoms with Crippen LogP contribution >= 0.6 is 11.8 Å². The van der Waals surface area contributed by atoms with Crippen molar-refractivity contribution < 1.29 is 4.79 Å². The van der Waals surface area contributed by atoms with Crippen LogP contribution in [0.5, 0.6) is 0 Å². The zero-order valence-electron chi connectivity index (χ0n) is 10.9. The average molecular weight is 248 g/mol. The molecule has 1 aromatic carbocycles. The fraction of sp³-hybridized carbons (Fsp3) is 0.400. The Bertz CT molecular complexity index is 393. The molecule has 1 atom stereocenters. The number of hydrogen-bond donors (Lipinski definition) is 0. The summed E-state index contributed by atoms with van der Waals surface area (Å²) in [6, 6.07) is 9.80. The second-order valence-electron chi connectivity index (χ2n) is 4.59. The van der Waals surface area contributed by atoms with E-state index >= 15 is 0 Å². The molecule has 0 N–H and O–H groups in total. The molecule has 0 aliphatic rings. The fourth-order valence-electron chi connectivity index (χ4n) is 1.35. The van der Waals surface area contributed by atoms with Crippen LogP contribution in [0.25, 0.3) is 0 Å². The normalized spacial score (nSPS) is 13.8. The van der Waals surface area contributed by atoms with Crippen LogP contribution in [0.1, 0.15) is 27.7 Å². The van der Waals surface area contributed by atoms with Gasteiger partial charge in [0.05, 0.1) is 0 Å². The first-order chi connectivity index (χ1) is 8.00. The number of carbonyl (C=O) groups is 1. The van der Waals surface area contributed by atoms with Gasteiger partial charge in [-0.25, -0.2) is 0 Å². The lowest BCUT2D eigenvalue weighted by molar-refractivity contribution is -0.112. The minimum atomic E-state index is -0.0254. The number of carbonyl (C=O) groups excluding carboxylic acids is 1. The molecule has 0 heterocycles. The number of hydrogen-bond acceptors (Lipinski definition) is 2. The third-order valence-electron chi connectivity index (χ3n) is 2.76. The maximum Gasteiger partial charge on any atom is 0.200 e. The van der Waals surface area contributed by atoms with Crippen LogP contribution in [0.15, 0.2) is 46.9 Å². The lowest BCUT2D eigenvalue weighted by Gasteiger charge is -2.09. The molecule has 0 aromatic heterocycles. The van der Waals surface area contributed by atoms with Gasteiger partial charge >= 0.3 is 0 Å². The summed E-state index contributed by atoms with van der Waals surface area (Å²) >= 11 is 1.32. The smallest absolute Gasteiger partial charge is 0.200 e. The Morgan fingerprint density at radius 2 is 1.76 bits per heavy atom. The molecule has 0 aliphatic heterocycles. The molecule has 0 fully saturated rings. The maximum absolute atomic E-state index is 12.0. The first-order valence-corrected chi connectivity index (χ1v) is 6.77. The van der Waals surface area contributed by atoms with Gasteiger partial charge in [-0.2, -0.15) is 0 Å². The van der Waals surface area contributed by atoms with Crippen molar-refractivity contribution in [2.45, 2.75) is 32.6 Å². The Morgan fingerprint density at radius 1 is 1.18 bits per heavy atom. The van der Waals surface area contributed by atoms with E-state index in [1.807, 2.05) is 37.3 Å². The van der Waals surface area contributed by atoms with Crippen molar-refractivity contribution in [2.75, 3.05) is 0 Å². The molecule has 0 spiro atoms. The largest absolute Gasteiger partial charge is 0.286 e. The Hall–Kier alpha value is -1.02. The molecule has 92 valence electrons. The van der Waals surface area contributed by atoms with E-state index in [1.165, 1.54) is 17.3 Å². The van der Waals surface area contributed by atoms with Crippen molar-refractivity contribution in [1.29, 1.82) is 0 Å². The predicted octanol–water partition coefficient (Wildman–Crippen LogP) is 4.54. The standard InChI is InChI=1S/C15H20OS/c1-11(2)12(3)10-13(4)15(16)17-14-8-6-5-7-9-14/h5-11,13H,1-4H3/b12-10+. The van der Waals surface area contributed by atoms with Crippen molar-refractivity contribution in [3.63, 3.8) is 0 Å². The van der Waals surface area contributed by atoms with Gasteiger partial charge in [-0.1, -0.05) is 62.4 Å². The highest BCUT2D eigenvalue weighted by Gasteiger charge is 2.12. The van der Waals surface area contributed by atoms with Gasteiger partial charge in [-0.3, -0.25) is 4.79 Å². The number of benzene rings is 1. The molecule has 0 bridgehead atoms. The Balaban J connectivity index is 2.62. The molecular weight excluding hydrogens is 228 g/mol. The summed E-state index contributed by atoms with van der Waals surface area (Å²) in [5.41, 5.74) is 1.28. The first kappa shape index (κ1) is 14.0. The highest BCUT2D eigenvalue weighted by atomic mass is 32.2. The number of thioether (sulfide) groups is 1. The van der Waals surface area contributed by atoms with Gasteiger partial charge < -0.3 is 0 Å². The number of allylic oxidation sites excluding steroid dienone is 2. The highest BCUT2D eigenvalue weighted by Crippen LogP contribution is 2.23. The van der Waals surface area contributed by atoms with E-state index in [4.69, 9.17) is 0 Å².